The first kappa shape index (κ1) is 17.9. The Hall–Kier alpha value is -2.87. The lowest BCUT2D eigenvalue weighted by Gasteiger charge is -2.35. The summed E-state index contributed by atoms with van der Waals surface area (Å²) in [7, 11) is 0. The van der Waals surface area contributed by atoms with E-state index in [1.165, 1.54) is 12.3 Å². The number of anilines is 1. The van der Waals surface area contributed by atoms with Gasteiger partial charge in [0, 0.05) is 32.2 Å². The maximum Gasteiger partial charge on any atom is 0.410 e. The standard InChI is InChI=1S/C17H17ClN4O4/c18-15-10-14(22(24)25)11-19-16(15)20-6-8-21(9-7-20)17(23)26-12-13-4-2-1-3-5-13/h1-5,10-11H,6-9,12H2. The summed E-state index contributed by atoms with van der Waals surface area (Å²) in [6.45, 7) is 2.19. The van der Waals surface area contributed by atoms with Crippen LogP contribution in [0.1, 0.15) is 5.56 Å². The average molecular weight is 377 g/mol. The average Bonchev–Trinajstić information content (AvgIpc) is 2.67. The summed E-state index contributed by atoms with van der Waals surface area (Å²) >= 11 is 6.11. The van der Waals surface area contributed by atoms with Gasteiger partial charge in [0.25, 0.3) is 5.69 Å². The minimum Gasteiger partial charge on any atom is -0.445 e. The van der Waals surface area contributed by atoms with E-state index in [-0.39, 0.29) is 23.4 Å². The third kappa shape index (κ3) is 4.20. The Bertz CT molecular complexity index is 795. The van der Waals surface area contributed by atoms with Gasteiger partial charge in [-0.25, -0.2) is 9.78 Å². The van der Waals surface area contributed by atoms with Crippen LogP contribution in [0.5, 0.6) is 0 Å². The van der Waals surface area contributed by atoms with Crippen molar-refractivity contribution in [2.75, 3.05) is 31.1 Å². The van der Waals surface area contributed by atoms with Crippen molar-refractivity contribution in [2.45, 2.75) is 6.61 Å². The van der Waals surface area contributed by atoms with Gasteiger partial charge in [0.05, 0.1) is 9.95 Å². The molecule has 26 heavy (non-hydrogen) atoms. The molecule has 8 nitrogen and oxygen atoms in total. The molecule has 2 aromatic rings. The Kier molecular flexibility index (Phi) is 5.52. The van der Waals surface area contributed by atoms with E-state index in [2.05, 4.69) is 4.98 Å². The molecule has 2 heterocycles. The fraction of sp³-hybridized carbons (Fsp3) is 0.294. The number of aromatic nitrogens is 1. The van der Waals surface area contributed by atoms with Crippen molar-refractivity contribution in [2.24, 2.45) is 0 Å². The molecule has 136 valence electrons. The first-order valence-corrected chi connectivity index (χ1v) is 8.43. The topological polar surface area (TPSA) is 88.8 Å². The van der Waals surface area contributed by atoms with Crippen LogP contribution in [0.4, 0.5) is 16.3 Å². The molecular formula is C17H17ClN4O4. The van der Waals surface area contributed by atoms with Crippen molar-refractivity contribution in [3.63, 3.8) is 0 Å². The number of pyridine rings is 1. The molecule has 1 aromatic heterocycles. The molecule has 1 saturated heterocycles. The van der Waals surface area contributed by atoms with Gasteiger partial charge in [0.1, 0.15) is 18.6 Å². The number of nitrogens with zero attached hydrogens (tertiary/aromatic N) is 4. The molecule has 0 aliphatic carbocycles. The third-order valence-corrected chi connectivity index (χ3v) is 4.34. The summed E-state index contributed by atoms with van der Waals surface area (Å²) in [5, 5.41) is 11.0. The van der Waals surface area contributed by atoms with Gasteiger partial charge in [-0.05, 0) is 5.56 Å². The molecule has 3 rings (SSSR count). The fourth-order valence-corrected chi connectivity index (χ4v) is 2.94. The van der Waals surface area contributed by atoms with E-state index < -0.39 is 4.92 Å². The van der Waals surface area contributed by atoms with E-state index in [1.807, 2.05) is 35.2 Å². The van der Waals surface area contributed by atoms with Crippen molar-refractivity contribution in [3.8, 4) is 0 Å². The molecular weight excluding hydrogens is 360 g/mol. The second-order valence-corrected chi connectivity index (χ2v) is 6.18. The number of hydrogen-bond acceptors (Lipinski definition) is 6. The Morgan fingerprint density at radius 2 is 1.92 bits per heavy atom. The van der Waals surface area contributed by atoms with Gasteiger partial charge in [0.2, 0.25) is 0 Å². The summed E-state index contributed by atoms with van der Waals surface area (Å²) in [6.07, 6.45) is 0.818. The van der Waals surface area contributed by atoms with Gasteiger partial charge in [0.15, 0.2) is 0 Å². The highest BCUT2D eigenvalue weighted by molar-refractivity contribution is 6.33. The van der Waals surface area contributed by atoms with Crippen LogP contribution >= 0.6 is 11.6 Å². The van der Waals surface area contributed by atoms with Gasteiger partial charge in [-0.15, -0.1) is 0 Å². The quantitative estimate of drug-likeness (QED) is 0.601. The molecule has 1 amide bonds. The van der Waals surface area contributed by atoms with E-state index >= 15 is 0 Å². The molecule has 0 spiro atoms. The van der Waals surface area contributed by atoms with Crippen LogP contribution in [0.3, 0.4) is 0 Å². The second-order valence-electron chi connectivity index (χ2n) is 5.77. The van der Waals surface area contributed by atoms with Crippen molar-refractivity contribution >= 4 is 29.2 Å². The van der Waals surface area contributed by atoms with Crippen molar-refractivity contribution < 1.29 is 14.5 Å². The maximum atomic E-state index is 12.2. The highest BCUT2D eigenvalue weighted by atomic mass is 35.5. The number of piperazine rings is 1. The van der Waals surface area contributed by atoms with Crippen LogP contribution in [0.15, 0.2) is 42.6 Å². The number of carbonyl (C=O) groups excluding carboxylic acids is 1. The lowest BCUT2D eigenvalue weighted by atomic mass is 10.2. The zero-order valence-corrected chi connectivity index (χ0v) is 14.6. The number of nitro groups is 1. The fourth-order valence-electron chi connectivity index (χ4n) is 2.66. The van der Waals surface area contributed by atoms with Gasteiger partial charge in [-0.1, -0.05) is 41.9 Å². The van der Waals surface area contributed by atoms with E-state index in [0.29, 0.717) is 32.0 Å². The number of hydrogen-bond donors (Lipinski definition) is 0. The van der Waals surface area contributed by atoms with Crippen LogP contribution in [0, 0.1) is 10.1 Å². The summed E-state index contributed by atoms with van der Waals surface area (Å²) in [4.78, 5) is 30.0. The second kappa shape index (κ2) is 8.01. The Balaban J connectivity index is 1.54. The first-order chi connectivity index (χ1) is 12.5. The first-order valence-electron chi connectivity index (χ1n) is 8.05. The number of amides is 1. The zero-order chi connectivity index (χ0) is 18.5. The molecule has 1 aliphatic rings. The van der Waals surface area contributed by atoms with Crippen molar-refractivity contribution in [3.05, 3.63) is 63.3 Å². The minimum atomic E-state index is -0.538. The molecule has 0 atom stereocenters. The number of rotatable bonds is 4. The molecule has 0 saturated carbocycles. The van der Waals surface area contributed by atoms with Crippen molar-refractivity contribution in [1.29, 1.82) is 0 Å². The Morgan fingerprint density at radius 1 is 1.23 bits per heavy atom. The zero-order valence-electron chi connectivity index (χ0n) is 13.9. The molecule has 1 aliphatic heterocycles. The Labute approximate surface area is 155 Å². The normalized spacial score (nSPS) is 14.2. The number of carbonyl (C=O) groups is 1. The molecule has 0 N–H and O–H groups in total. The highest BCUT2D eigenvalue weighted by Crippen LogP contribution is 2.27. The lowest BCUT2D eigenvalue weighted by molar-refractivity contribution is -0.385. The predicted molar refractivity (Wildman–Crippen MR) is 96.3 cm³/mol. The largest absolute Gasteiger partial charge is 0.445 e. The van der Waals surface area contributed by atoms with Crippen LogP contribution in [-0.2, 0) is 11.3 Å². The SMILES string of the molecule is O=C(OCc1ccccc1)N1CCN(c2ncc([N+](=O)[O-])cc2Cl)CC1. The maximum absolute atomic E-state index is 12.2. The van der Waals surface area contributed by atoms with Gasteiger partial charge < -0.3 is 14.5 Å². The number of halogens is 1. The summed E-state index contributed by atoms with van der Waals surface area (Å²) < 4.78 is 5.33. The molecule has 9 heteroatoms. The van der Waals surface area contributed by atoms with Crippen LogP contribution < -0.4 is 4.90 Å². The predicted octanol–water partition coefficient (Wildman–Crippen LogP) is 3.10. The molecule has 0 radical (unpaired) electrons. The molecule has 0 bridgehead atoms. The highest BCUT2D eigenvalue weighted by Gasteiger charge is 2.25. The summed E-state index contributed by atoms with van der Waals surface area (Å²) in [6, 6.07) is 10.8. The van der Waals surface area contributed by atoms with Crippen LogP contribution in [0.2, 0.25) is 5.02 Å². The summed E-state index contributed by atoms with van der Waals surface area (Å²) in [5.74, 6) is 0.481. The number of ether oxygens (including phenoxy) is 1. The van der Waals surface area contributed by atoms with E-state index in [4.69, 9.17) is 16.3 Å². The van der Waals surface area contributed by atoms with E-state index in [9.17, 15) is 14.9 Å². The molecule has 1 aromatic carbocycles. The van der Waals surface area contributed by atoms with Gasteiger partial charge in [-0.2, -0.15) is 0 Å². The van der Waals surface area contributed by atoms with E-state index in [0.717, 1.165) is 5.56 Å². The number of benzene rings is 1. The summed E-state index contributed by atoms with van der Waals surface area (Å²) in [5.41, 5.74) is 0.781. The minimum absolute atomic E-state index is 0.151. The molecule has 1 fully saturated rings. The lowest BCUT2D eigenvalue weighted by Crippen LogP contribution is -2.49. The Morgan fingerprint density at radius 3 is 2.54 bits per heavy atom. The molecule has 0 unspecified atom stereocenters. The van der Waals surface area contributed by atoms with E-state index in [1.54, 1.807) is 4.90 Å². The van der Waals surface area contributed by atoms with Crippen LogP contribution in [0.25, 0.3) is 0 Å². The van der Waals surface area contributed by atoms with Crippen molar-refractivity contribution in [1.82, 2.24) is 9.88 Å². The van der Waals surface area contributed by atoms with Crippen LogP contribution in [-0.4, -0.2) is 47.1 Å². The third-order valence-electron chi connectivity index (χ3n) is 4.06. The smallest absolute Gasteiger partial charge is 0.410 e. The monoisotopic (exact) mass is 376 g/mol. The van der Waals surface area contributed by atoms with Gasteiger partial charge in [-0.3, -0.25) is 10.1 Å². The van der Waals surface area contributed by atoms with Gasteiger partial charge >= 0.3 is 6.09 Å².